The minimum Gasteiger partial charge on any atom is -0.383 e. The number of hydrogen-bond donors (Lipinski definition) is 1. The SMILES string of the molecule is N#Cc1c(N)nc(-c2cnn(C3CCCCO3)c2)c(C#N)c1-c1ccc(Cl)c(Cl)c1. The zero-order valence-corrected chi connectivity index (χ0v) is 17.3. The van der Waals surface area contributed by atoms with Gasteiger partial charge in [-0.25, -0.2) is 9.67 Å². The number of pyridine rings is 1. The molecule has 0 spiro atoms. The standard InChI is InChI=1S/C21H16Cl2N6O/c22-16-5-4-12(7-17(16)23)19-14(8-24)20(28-21(26)15(19)9-25)13-10-27-29(11-13)18-3-1-2-6-30-18/h4-5,7,10-11,18H,1-3,6H2,(H2,26,28). The molecule has 0 radical (unpaired) electrons. The van der Waals surface area contributed by atoms with Gasteiger partial charge in [0.1, 0.15) is 29.7 Å². The molecule has 3 heterocycles. The quantitative estimate of drug-likeness (QED) is 0.618. The van der Waals surface area contributed by atoms with Gasteiger partial charge in [0.25, 0.3) is 0 Å². The first-order chi connectivity index (χ1) is 14.5. The van der Waals surface area contributed by atoms with Crippen LogP contribution < -0.4 is 5.73 Å². The molecule has 1 aromatic carbocycles. The molecular weight excluding hydrogens is 423 g/mol. The van der Waals surface area contributed by atoms with Crippen LogP contribution in [0.4, 0.5) is 5.82 Å². The van der Waals surface area contributed by atoms with E-state index in [4.69, 9.17) is 33.7 Å². The molecule has 1 unspecified atom stereocenters. The lowest BCUT2D eigenvalue weighted by atomic mass is 9.93. The normalized spacial score (nSPS) is 16.1. The molecule has 0 amide bonds. The van der Waals surface area contributed by atoms with Crippen LogP contribution in [-0.2, 0) is 4.74 Å². The van der Waals surface area contributed by atoms with Gasteiger partial charge in [0.15, 0.2) is 0 Å². The third-order valence-corrected chi connectivity index (χ3v) is 5.72. The highest BCUT2D eigenvalue weighted by Crippen LogP contribution is 2.38. The summed E-state index contributed by atoms with van der Waals surface area (Å²) >= 11 is 12.2. The lowest BCUT2D eigenvalue weighted by Gasteiger charge is -2.22. The number of anilines is 1. The van der Waals surface area contributed by atoms with Crippen molar-refractivity contribution in [3.8, 4) is 34.5 Å². The van der Waals surface area contributed by atoms with Gasteiger partial charge >= 0.3 is 0 Å². The summed E-state index contributed by atoms with van der Waals surface area (Å²) in [5.41, 5.74) is 8.28. The Morgan fingerprint density at radius 1 is 1.10 bits per heavy atom. The van der Waals surface area contributed by atoms with Gasteiger partial charge in [-0.15, -0.1) is 0 Å². The van der Waals surface area contributed by atoms with Crippen molar-refractivity contribution in [1.29, 1.82) is 10.5 Å². The van der Waals surface area contributed by atoms with Crippen molar-refractivity contribution >= 4 is 29.0 Å². The molecule has 150 valence electrons. The van der Waals surface area contributed by atoms with E-state index in [0.29, 0.717) is 39.0 Å². The fourth-order valence-electron chi connectivity index (χ4n) is 3.53. The van der Waals surface area contributed by atoms with Gasteiger partial charge in [0.05, 0.1) is 27.5 Å². The average Bonchev–Trinajstić information content (AvgIpc) is 3.25. The lowest BCUT2D eigenvalue weighted by molar-refractivity contribution is -0.0394. The third-order valence-electron chi connectivity index (χ3n) is 4.98. The molecule has 1 saturated heterocycles. The first-order valence-electron chi connectivity index (χ1n) is 9.28. The van der Waals surface area contributed by atoms with Crippen LogP contribution in [0, 0.1) is 22.7 Å². The van der Waals surface area contributed by atoms with Crippen LogP contribution >= 0.6 is 23.2 Å². The van der Waals surface area contributed by atoms with Crippen LogP contribution in [0.15, 0.2) is 30.6 Å². The molecule has 0 saturated carbocycles. The van der Waals surface area contributed by atoms with Crippen LogP contribution in [0.3, 0.4) is 0 Å². The van der Waals surface area contributed by atoms with E-state index in [2.05, 4.69) is 22.2 Å². The number of halogens is 2. The minimum atomic E-state index is -0.150. The van der Waals surface area contributed by atoms with Crippen molar-refractivity contribution in [3.63, 3.8) is 0 Å². The molecule has 2 aromatic heterocycles. The highest BCUT2D eigenvalue weighted by Gasteiger charge is 2.23. The molecule has 30 heavy (non-hydrogen) atoms. The van der Waals surface area contributed by atoms with E-state index in [0.717, 1.165) is 19.3 Å². The van der Waals surface area contributed by atoms with Crippen molar-refractivity contribution < 1.29 is 4.74 Å². The molecule has 4 rings (SSSR count). The van der Waals surface area contributed by atoms with Crippen LogP contribution in [0.5, 0.6) is 0 Å². The van der Waals surface area contributed by atoms with Crippen molar-refractivity contribution in [2.24, 2.45) is 0 Å². The second kappa shape index (κ2) is 8.33. The fraction of sp³-hybridized carbons (Fsp3) is 0.238. The Bertz CT molecular complexity index is 1200. The topological polar surface area (TPSA) is 114 Å². The molecule has 9 heteroatoms. The smallest absolute Gasteiger partial charge is 0.150 e. The molecule has 0 aliphatic carbocycles. The van der Waals surface area contributed by atoms with Crippen LogP contribution in [0.1, 0.15) is 36.6 Å². The van der Waals surface area contributed by atoms with Gasteiger partial charge in [-0.3, -0.25) is 0 Å². The first kappa shape index (κ1) is 20.2. The molecule has 0 bridgehead atoms. The Kier molecular flexibility index (Phi) is 5.61. The Morgan fingerprint density at radius 3 is 2.57 bits per heavy atom. The number of rotatable bonds is 3. The second-order valence-electron chi connectivity index (χ2n) is 6.85. The average molecular weight is 439 g/mol. The Hall–Kier alpha value is -3.10. The largest absolute Gasteiger partial charge is 0.383 e. The summed E-state index contributed by atoms with van der Waals surface area (Å²) in [4.78, 5) is 4.35. The summed E-state index contributed by atoms with van der Waals surface area (Å²) in [5, 5.41) is 24.7. The first-order valence-corrected chi connectivity index (χ1v) is 10.0. The number of nitrogens with two attached hydrogens (primary N) is 1. The monoisotopic (exact) mass is 438 g/mol. The summed E-state index contributed by atoms with van der Waals surface area (Å²) in [6.07, 6.45) is 6.21. The van der Waals surface area contributed by atoms with Crippen molar-refractivity contribution in [2.75, 3.05) is 12.3 Å². The Morgan fingerprint density at radius 2 is 1.90 bits per heavy atom. The summed E-state index contributed by atoms with van der Waals surface area (Å²) < 4.78 is 7.49. The minimum absolute atomic E-state index is 0.0224. The summed E-state index contributed by atoms with van der Waals surface area (Å²) in [6, 6.07) is 9.12. The lowest BCUT2D eigenvalue weighted by Crippen LogP contribution is -2.18. The highest BCUT2D eigenvalue weighted by molar-refractivity contribution is 6.42. The van der Waals surface area contributed by atoms with Crippen LogP contribution in [0.2, 0.25) is 10.0 Å². The molecule has 2 N–H and O–H groups in total. The number of aromatic nitrogens is 3. The highest BCUT2D eigenvalue weighted by atomic mass is 35.5. The summed E-state index contributed by atoms with van der Waals surface area (Å²) in [6.45, 7) is 0.687. The van der Waals surface area contributed by atoms with Crippen molar-refractivity contribution in [2.45, 2.75) is 25.5 Å². The zero-order chi connectivity index (χ0) is 21.3. The molecule has 1 atom stereocenters. The summed E-state index contributed by atoms with van der Waals surface area (Å²) in [5.74, 6) is 0.0224. The third kappa shape index (κ3) is 3.59. The van der Waals surface area contributed by atoms with Gasteiger partial charge in [0, 0.05) is 23.9 Å². The van der Waals surface area contributed by atoms with Crippen LogP contribution in [0.25, 0.3) is 22.4 Å². The van der Waals surface area contributed by atoms with Gasteiger partial charge in [-0.05, 0) is 37.0 Å². The van der Waals surface area contributed by atoms with Gasteiger partial charge in [-0.1, -0.05) is 29.3 Å². The van der Waals surface area contributed by atoms with Gasteiger partial charge in [-0.2, -0.15) is 15.6 Å². The maximum Gasteiger partial charge on any atom is 0.150 e. The van der Waals surface area contributed by atoms with E-state index in [-0.39, 0.29) is 23.2 Å². The molecule has 7 nitrogen and oxygen atoms in total. The van der Waals surface area contributed by atoms with E-state index in [1.807, 2.05) is 0 Å². The second-order valence-corrected chi connectivity index (χ2v) is 7.67. The maximum atomic E-state index is 9.96. The predicted molar refractivity (Wildman–Crippen MR) is 114 cm³/mol. The zero-order valence-electron chi connectivity index (χ0n) is 15.8. The molecular formula is C21H16Cl2N6O. The van der Waals surface area contributed by atoms with Crippen LogP contribution in [-0.4, -0.2) is 21.4 Å². The molecule has 1 aliphatic heterocycles. The Labute approximate surface area is 183 Å². The van der Waals surface area contributed by atoms with Crippen molar-refractivity contribution in [1.82, 2.24) is 14.8 Å². The predicted octanol–water partition coefficient (Wildman–Crippen LogP) is 4.94. The van der Waals surface area contributed by atoms with E-state index >= 15 is 0 Å². The molecule has 3 aromatic rings. The van der Waals surface area contributed by atoms with E-state index in [9.17, 15) is 10.5 Å². The fourth-order valence-corrected chi connectivity index (χ4v) is 3.82. The van der Waals surface area contributed by atoms with E-state index < -0.39 is 0 Å². The number of nitrogen functional groups attached to an aromatic ring is 1. The van der Waals surface area contributed by atoms with Crippen molar-refractivity contribution in [3.05, 3.63) is 51.8 Å². The number of benzene rings is 1. The van der Waals surface area contributed by atoms with Gasteiger partial charge < -0.3 is 10.5 Å². The molecule has 1 aliphatic rings. The number of ether oxygens (including phenoxy) is 1. The number of nitriles is 2. The van der Waals surface area contributed by atoms with E-state index in [1.165, 1.54) is 0 Å². The molecule has 1 fully saturated rings. The van der Waals surface area contributed by atoms with E-state index in [1.54, 1.807) is 35.3 Å². The number of hydrogen-bond acceptors (Lipinski definition) is 6. The Balaban J connectivity index is 1.89. The van der Waals surface area contributed by atoms with Gasteiger partial charge in [0.2, 0.25) is 0 Å². The number of nitrogens with zero attached hydrogens (tertiary/aromatic N) is 5. The maximum absolute atomic E-state index is 9.96. The summed E-state index contributed by atoms with van der Waals surface area (Å²) in [7, 11) is 0.